The van der Waals surface area contributed by atoms with Gasteiger partial charge in [0.2, 0.25) is 0 Å². The first-order chi connectivity index (χ1) is 10.5. The summed E-state index contributed by atoms with van der Waals surface area (Å²) in [6.45, 7) is 7.20. The number of hydrogen-bond donors (Lipinski definition) is 2. The van der Waals surface area contributed by atoms with E-state index in [0.29, 0.717) is 17.4 Å². The van der Waals surface area contributed by atoms with E-state index in [-0.39, 0.29) is 5.91 Å². The van der Waals surface area contributed by atoms with Crippen LogP contribution in [0.2, 0.25) is 0 Å². The van der Waals surface area contributed by atoms with Crippen LogP contribution in [0.5, 0.6) is 0 Å². The summed E-state index contributed by atoms with van der Waals surface area (Å²) in [5.41, 5.74) is 2.20. The number of aryl methyl sites for hydroxylation is 1. The molecule has 0 aliphatic rings. The van der Waals surface area contributed by atoms with Crippen LogP contribution in [0, 0.1) is 12.8 Å². The van der Waals surface area contributed by atoms with E-state index in [1.807, 2.05) is 31.2 Å². The number of carbonyl (C=O) groups excluding carboxylic acids is 1. The summed E-state index contributed by atoms with van der Waals surface area (Å²) < 4.78 is 0. The van der Waals surface area contributed by atoms with Crippen molar-refractivity contribution in [2.24, 2.45) is 5.92 Å². The highest BCUT2D eigenvalue weighted by molar-refractivity contribution is 6.02. The lowest BCUT2D eigenvalue weighted by molar-refractivity contribution is 0.102. The van der Waals surface area contributed by atoms with E-state index in [2.05, 4.69) is 34.4 Å². The first-order valence-electron chi connectivity index (χ1n) is 7.48. The standard InChI is InChI=1S/C17H22N4O/c1-12(2)8-9-18-16-11-19-15(10-20-16)17(22)21-14-6-4-13(3)5-7-14/h4-7,10-12H,8-9H2,1-3H3,(H,18,20)(H,21,22). The van der Waals surface area contributed by atoms with Crippen LogP contribution in [0.4, 0.5) is 11.5 Å². The number of aromatic nitrogens is 2. The number of nitrogens with zero attached hydrogens (tertiary/aromatic N) is 2. The van der Waals surface area contributed by atoms with Crippen LogP contribution in [-0.2, 0) is 0 Å². The molecule has 0 fully saturated rings. The van der Waals surface area contributed by atoms with Crippen LogP contribution >= 0.6 is 0 Å². The minimum atomic E-state index is -0.259. The highest BCUT2D eigenvalue weighted by Crippen LogP contribution is 2.10. The second-order valence-electron chi connectivity index (χ2n) is 5.72. The Morgan fingerprint density at radius 3 is 2.45 bits per heavy atom. The van der Waals surface area contributed by atoms with Crippen LogP contribution in [0.3, 0.4) is 0 Å². The van der Waals surface area contributed by atoms with E-state index in [9.17, 15) is 4.79 Å². The van der Waals surface area contributed by atoms with E-state index in [4.69, 9.17) is 0 Å². The Morgan fingerprint density at radius 1 is 1.14 bits per heavy atom. The molecule has 0 spiro atoms. The molecule has 0 aliphatic carbocycles. The Bertz CT molecular complexity index is 606. The molecule has 116 valence electrons. The molecule has 1 amide bonds. The molecular formula is C17H22N4O. The highest BCUT2D eigenvalue weighted by atomic mass is 16.1. The highest BCUT2D eigenvalue weighted by Gasteiger charge is 2.08. The van der Waals surface area contributed by atoms with Crippen molar-refractivity contribution in [1.82, 2.24) is 9.97 Å². The summed E-state index contributed by atoms with van der Waals surface area (Å²) in [6.07, 6.45) is 4.14. The Balaban J connectivity index is 1.91. The van der Waals surface area contributed by atoms with Crippen molar-refractivity contribution in [3.8, 4) is 0 Å². The van der Waals surface area contributed by atoms with Crippen molar-refractivity contribution < 1.29 is 4.79 Å². The predicted molar refractivity (Wildman–Crippen MR) is 89.1 cm³/mol. The van der Waals surface area contributed by atoms with Gasteiger partial charge in [-0.25, -0.2) is 9.97 Å². The van der Waals surface area contributed by atoms with Crippen molar-refractivity contribution >= 4 is 17.4 Å². The third-order valence-corrected chi connectivity index (χ3v) is 3.22. The summed E-state index contributed by atoms with van der Waals surface area (Å²) >= 11 is 0. The van der Waals surface area contributed by atoms with Gasteiger partial charge in [0.05, 0.1) is 12.4 Å². The smallest absolute Gasteiger partial charge is 0.275 e. The SMILES string of the molecule is Cc1ccc(NC(=O)c2cnc(NCCC(C)C)cn2)cc1. The second kappa shape index (κ2) is 7.54. The maximum atomic E-state index is 12.1. The molecule has 1 aromatic heterocycles. The minimum absolute atomic E-state index is 0.259. The molecule has 0 saturated carbocycles. The molecule has 0 unspecified atom stereocenters. The van der Waals surface area contributed by atoms with E-state index in [0.717, 1.165) is 24.2 Å². The average Bonchev–Trinajstić information content (AvgIpc) is 2.50. The fourth-order valence-electron chi connectivity index (χ4n) is 1.86. The number of anilines is 2. The van der Waals surface area contributed by atoms with Crippen LogP contribution < -0.4 is 10.6 Å². The normalized spacial score (nSPS) is 10.5. The molecule has 2 N–H and O–H groups in total. The first kappa shape index (κ1) is 15.9. The number of rotatable bonds is 6. The minimum Gasteiger partial charge on any atom is -0.369 e. The summed E-state index contributed by atoms with van der Waals surface area (Å²) in [4.78, 5) is 20.5. The van der Waals surface area contributed by atoms with E-state index >= 15 is 0 Å². The fraction of sp³-hybridized carbons (Fsp3) is 0.353. The van der Waals surface area contributed by atoms with Crippen molar-refractivity contribution in [3.05, 3.63) is 47.9 Å². The Hall–Kier alpha value is -2.43. The lowest BCUT2D eigenvalue weighted by atomic mass is 10.1. The maximum absolute atomic E-state index is 12.1. The lowest BCUT2D eigenvalue weighted by Crippen LogP contribution is -2.14. The molecule has 1 heterocycles. The quantitative estimate of drug-likeness (QED) is 0.856. The van der Waals surface area contributed by atoms with Gasteiger partial charge in [0, 0.05) is 12.2 Å². The molecule has 5 heteroatoms. The number of amides is 1. The number of nitrogens with one attached hydrogen (secondary N) is 2. The predicted octanol–water partition coefficient (Wildman–Crippen LogP) is 3.50. The van der Waals surface area contributed by atoms with Crippen LogP contribution in [-0.4, -0.2) is 22.4 Å². The first-order valence-corrected chi connectivity index (χ1v) is 7.48. The summed E-state index contributed by atoms with van der Waals surface area (Å²) in [5.74, 6) is 1.07. The van der Waals surface area contributed by atoms with Crippen molar-refractivity contribution in [2.45, 2.75) is 27.2 Å². The molecular weight excluding hydrogens is 276 g/mol. The number of hydrogen-bond acceptors (Lipinski definition) is 4. The zero-order valence-corrected chi connectivity index (χ0v) is 13.3. The third kappa shape index (κ3) is 4.84. The molecule has 0 atom stereocenters. The molecule has 5 nitrogen and oxygen atoms in total. The zero-order chi connectivity index (χ0) is 15.9. The maximum Gasteiger partial charge on any atom is 0.275 e. The number of carbonyl (C=O) groups is 1. The zero-order valence-electron chi connectivity index (χ0n) is 13.3. The van der Waals surface area contributed by atoms with Crippen molar-refractivity contribution in [1.29, 1.82) is 0 Å². The Morgan fingerprint density at radius 2 is 1.86 bits per heavy atom. The van der Waals surface area contributed by atoms with Gasteiger partial charge in [-0.2, -0.15) is 0 Å². The van der Waals surface area contributed by atoms with E-state index in [1.165, 1.54) is 6.20 Å². The largest absolute Gasteiger partial charge is 0.369 e. The van der Waals surface area contributed by atoms with Crippen molar-refractivity contribution in [2.75, 3.05) is 17.2 Å². The van der Waals surface area contributed by atoms with Gasteiger partial charge < -0.3 is 10.6 Å². The summed E-state index contributed by atoms with van der Waals surface area (Å²) in [5, 5.41) is 5.99. The molecule has 22 heavy (non-hydrogen) atoms. The van der Waals surface area contributed by atoms with Gasteiger partial charge >= 0.3 is 0 Å². The summed E-state index contributed by atoms with van der Waals surface area (Å²) in [7, 11) is 0. The van der Waals surface area contributed by atoms with Crippen LogP contribution in [0.1, 0.15) is 36.3 Å². The number of benzene rings is 1. The van der Waals surface area contributed by atoms with Gasteiger partial charge in [-0.3, -0.25) is 4.79 Å². The molecule has 0 bridgehead atoms. The van der Waals surface area contributed by atoms with Gasteiger partial charge in [-0.1, -0.05) is 31.5 Å². The van der Waals surface area contributed by atoms with E-state index in [1.54, 1.807) is 6.20 Å². The topological polar surface area (TPSA) is 66.9 Å². The lowest BCUT2D eigenvalue weighted by Gasteiger charge is -2.08. The van der Waals surface area contributed by atoms with Gasteiger partial charge in [-0.05, 0) is 31.4 Å². The third-order valence-electron chi connectivity index (χ3n) is 3.22. The van der Waals surface area contributed by atoms with Crippen LogP contribution in [0.15, 0.2) is 36.7 Å². The average molecular weight is 298 g/mol. The molecule has 2 aromatic rings. The molecule has 0 radical (unpaired) electrons. The van der Waals surface area contributed by atoms with Gasteiger partial charge in [-0.15, -0.1) is 0 Å². The molecule has 2 rings (SSSR count). The second-order valence-corrected chi connectivity index (χ2v) is 5.72. The Labute approximate surface area is 131 Å². The van der Waals surface area contributed by atoms with Crippen molar-refractivity contribution in [3.63, 3.8) is 0 Å². The summed E-state index contributed by atoms with van der Waals surface area (Å²) in [6, 6.07) is 7.62. The Kier molecular flexibility index (Phi) is 5.47. The van der Waals surface area contributed by atoms with Gasteiger partial charge in [0.15, 0.2) is 0 Å². The van der Waals surface area contributed by atoms with Crippen LogP contribution in [0.25, 0.3) is 0 Å². The van der Waals surface area contributed by atoms with E-state index < -0.39 is 0 Å². The monoisotopic (exact) mass is 298 g/mol. The van der Waals surface area contributed by atoms with Gasteiger partial charge in [0.1, 0.15) is 11.5 Å². The van der Waals surface area contributed by atoms with Gasteiger partial charge in [0.25, 0.3) is 5.91 Å². The fourth-order valence-corrected chi connectivity index (χ4v) is 1.86. The molecule has 0 aliphatic heterocycles. The molecule has 0 saturated heterocycles. The molecule has 1 aromatic carbocycles.